The van der Waals surface area contributed by atoms with Gasteiger partial charge in [-0.2, -0.15) is 4.98 Å². The third kappa shape index (κ3) is 5.64. The van der Waals surface area contributed by atoms with Gasteiger partial charge in [0.05, 0.1) is 23.8 Å². The van der Waals surface area contributed by atoms with E-state index in [2.05, 4.69) is 27.1 Å². The van der Waals surface area contributed by atoms with Crippen molar-refractivity contribution in [2.24, 2.45) is 5.92 Å². The Bertz CT molecular complexity index is 1070. The van der Waals surface area contributed by atoms with Gasteiger partial charge in [0.1, 0.15) is 5.82 Å². The van der Waals surface area contributed by atoms with Crippen LogP contribution in [0, 0.1) is 12.8 Å². The highest BCUT2D eigenvalue weighted by Gasteiger charge is 2.23. The van der Waals surface area contributed by atoms with Crippen molar-refractivity contribution in [1.29, 1.82) is 0 Å². The van der Waals surface area contributed by atoms with Gasteiger partial charge in [0.15, 0.2) is 0 Å². The van der Waals surface area contributed by atoms with Crippen LogP contribution < -0.4 is 4.74 Å². The largest absolute Gasteiger partial charge is 0.477 e. The monoisotopic (exact) mass is 413 g/mol. The maximum absolute atomic E-state index is 9.58. The number of aromatic nitrogens is 3. The van der Waals surface area contributed by atoms with E-state index in [-0.39, 0.29) is 0 Å². The predicted octanol–water partition coefficient (Wildman–Crippen LogP) is 5.53. The molecule has 5 nitrogen and oxygen atoms in total. The first-order valence-corrected chi connectivity index (χ1v) is 10.6. The number of hydrogen-bond donors (Lipinski definition) is 1. The Balaban J connectivity index is 0.000000192. The number of aryl methyl sites for hydroxylation is 1. The Labute approximate surface area is 182 Å². The van der Waals surface area contributed by atoms with Crippen LogP contribution in [0.3, 0.4) is 0 Å². The maximum Gasteiger partial charge on any atom is 0.224 e. The van der Waals surface area contributed by atoms with E-state index in [1.807, 2.05) is 67.8 Å². The van der Waals surface area contributed by atoms with Gasteiger partial charge in [-0.05, 0) is 55.9 Å². The summed E-state index contributed by atoms with van der Waals surface area (Å²) >= 11 is 0. The van der Waals surface area contributed by atoms with Crippen molar-refractivity contribution >= 4 is 10.9 Å². The second-order valence-electron chi connectivity index (χ2n) is 7.88. The zero-order valence-electron chi connectivity index (χ0n) is 17.9. The number of para-hydroxylation sites is 1. The molecule has 0 radical (unpaired) electrons. The molecular formula is C26H27N3O2. The van der Waals surface area contributed by atoms with Gasteiger partial charge in [-0.3, -0.25) is 4.98 Å². The summed E-state index contributed by atoms with van der Waals surface area (Å²) in [6.07, 6.45) is 5.66. The molecule has 158 valence electrons. The van der Waals surface area contributed by atoms with Gasteiger partial charge < -0.3 is 9.84 Å². The minimum atomic E-state index is -0.459. The summed E-state index contributed by atoms with van der Waals surface area (Å²) < 4.78 is 5.87. The third-order valence-electron chi connectivity index (χ3n) is 5.24. The van der Waals surface area contributed by atoms with Gasteiger partial charge in [0.2, 0.25) is 5.88 Å². The number of aliphatic hydroxyl groups excluding tert-OH is 1. The van der Waals surface area contributed by atoms with Crippen LogP contribution in [0.15, 0.2) is 73.1 Å². The van der Waals surface area contributed by atoms with Gasteiger partial charge in [-0.1, -0.05) is 48.5 Å². The lowest BCUT2D eigenvalue weighted by molar-refractivity contribution is 0.199. The second-order valence-corrected chi connectivity index (χ2v) is 7.88. The maximum atomic E-state index is 9.58. The molecule has 1 atom stereocenters. The van der Waals surface area contributed by atoms with Crippen molar-refractivity contribution in [2.75, 3.05) is 6.61 Å². The Morgan fingerprint density at radius 2 is 1.74 bits per heavy atom. The van der Waals surface area contributed by atoms with Crippen LogP contribution in [0.1, 0.15) is 37.3 Å². The molecule has 1 N–H and O–H groups in total. The number of ether oxygens (including phenoxy) is 1. The fourth-order valence-electron chi connectivity index (χ4n) is 3.20. The summed E-state index contributed by atoms with van der Waals surface area (Å²) in [5.41, 5.74) is 3.86. The molecule has 5 rings (SSSR count). The van der Waals surface area contributed by atoms with E-state index in [0.29, 0.717) is 17.6 Å². The number of nitrogens with zero attached hydrogens (tertiary/aromatic N) is 3. The molecule has 0 saturated heterocycles. The molecular weight excluding hydrogens is 386 g/mol. The fourth-order valence-corrected chi connectivity index (χ4v) is 3.20. The van der Waals surface area contributed by atoms with E-state index in [1.54, 1.807) is 6.92 Å². The van der Waals surface area contributed by atoms with E-state index in [4.69, 9.17) is 4.74 Å². The van der Waals surface area contributed by atoms with Crippen LogP contribution in [0.4, 0.5) is 0 Å². The molecule has 0 aliphatic heterocycles. The minimum absolute atomic E-state index is 0.459. The lowest BCUT2D eigenvalue weighted by Gasteiger charge is -2.11. The lowest BCUT2D eigenvalue weighted by atomic mass is 10.0. The number of hydrogen-bond acceptors (Lipinski definition) is 5. The van der Waals surface area contributed by atoms with Crippen molar-refractivity contribution in [3.05, 3.63) is 84.4 Å². The Morgan fingerprint density at radius 3 is 2.45 bits per heavy atom. The first-order valence-electron chi connectivity index (χ1n) is 10.6. The molecule has 1 aliphatic rings. The zero-order valence-corrected chi connectivity index (χ0v) is 17.9. The molecule has 2 aromatic heterocycles. The van der Waals surface area contributed by atoms with E-state index in [0.717, 1.165) is 28.8 Å². The van der Waals surface area contributed by atoms with Crippen molar-refractivity contribution in [1.82, 2.24) is 15.0 Å². The van der Waals surface area contributed by atoms with Crippen molar-refractivity contribution in [2.45, 2.75) is 32.8 Å². The molecule has 2 aromatic carbocycles. The molecule has 2 heterocycles. The molecule has 0 spiro atoms. The second kappa shape index (κ2) is 9.67. The number of rotatable bonds is 5. The summed E-state index contributed by atoms with van der Waals surface area (Å²) in [6.45, 7) is 4.35. The van der Waals surface area contributed by atoms with Crippen LogP contribution in [0.25, 0.3) is 22.0 Å². The lowest BCUT2D eigenvalue weighted by Crippen LogP contribution is -2.04. The van der Waals surface area contributed by atoms with Gasteiger partial charge in [-0.15, -0.1) is 0 Å². The highest BCUT2D eigenvalue weighted by Crippen LogP contribution is 2.33. The number of benzene rings is 2. The van der Waals surface area contributed by atoms with Crippen LogP contribution in [0.2, 0.25) is 0 Å². The number of aliphatic hydroxyl groups is 1. The van der Waals surface area contributed by atoms with E-state index >= 15 is 0 Å². The molecule has 1 saturated carbocycles. The third-order valence-corrected chi connectivity index (χ3v) is 5.24. The van der Waals surface area contributed by atoms with Gasteiger partial charge >= 0.3 is 0 Å². The molecule has 1 fully saturated rings. The summed E-state index contributed by atoms with van der Waals surface area (Å²) in [4.78, 5) is 12.9. The molecule has 4 aromatic rings. The van der Waals surface area contributed by atoms with Crippen molar-refractivity contribution in [3.63, 3.8) is 0 Å². The SMILES string of the molecule is Cc1ncc(-c2ccc(C(C)O)cc2)c(OCC2CC2)n1.c1ccc2ncccc2c1. The van der Waals surface area contributed by atoms with Crippen LogP contribution in [-0.4, -0.2) is 26.7 Å². The zero-order chi connectivity index (χ0) is 21.6. The topological polar surface area (TPSA) is 68.1 Å². The van der Waals surface area contributed by atoms with Crippen molar-refractivity contribution < 1.29 is 9.84 Å². The average molecular weight is 414 g/mol. The van der Waals surface area contributed by atoms with E-state index in [9.17, 15) is 5.11 Å². The van der Waals surface area contributed by atoms with Gasteiger partial charge in [0, 0.05) is 17.8 Å². The first-order chi connectivity index (χ1) is 15.1. The normalized spacial score (nSPS) is 13.9. The Hall–Kier alpha value is -3.31. The van der Waals surface area contributed by atoms with Crippen LogP contribution in [0.5, 0.6) is 5.88 Å². The van der Waals surface area contributed by atoms with E-state index < -0.39 is 6.10 Å². The minimum Gasteiger partial charge on any atom is -0.477 e. The van der Waals surface area contributed by atoms with Crippen LogP contribution >= 0.6 is 0 Å². The standard InChI is InChI=1S/C17H20N2O2.C9H7N/c1-11(20)14-5-7-15(8-6-14)16-9-18-12(2)19-17(16)21-10-13-3-4-13;1-2-6-9-8(4-1)5-3-7-10-9/h5-9,11,13,20H,3-4,10H2,1-2H3;1-7H. The number of pyridine rings is 1. The molecule has 5 heteroatoms. The Kier molecular flexibility index (Phi) is 6.53. The summed E-state index contributed by atoms with van der Waals surface area (Å²) in [6, 6.07) is 19.9. The first kappa shape index (κ1) is 20.9. The highest BCUT2D eigenvalue weighted by atomic mass is 16.5. The summed E-state index contributed by atoms with van der Waals surface area (Å²) in [5.74, 6) is 2.05. The summed E-state index contributed by atoms with van der Waals surface area (Å²) in [5, 5.41) is 10.8. The molecule has 31 heavy (non-hydrogen) atoms. The van der Waals surface area contributed by atoms with Crippen LogP contribution in [-0.2, 0) is 0 Å². The average Bonchev–Trinajstić information content (AvgIpc) is 3.63. The smallest absolute Gasteiger partial charge is 0.224 e. The molecule has 1 aliphatic carbocycles. The quantitative estimate of drug-likeness (QED) is 0.466. The Morgan fingerprint density at radius 1 is 1.00 bits per heavy atom. The molecule has 0 bridgehead atoms. The van der Waals surface area contributed by atoms with Gasteiger partial charge in [0.25, 0.3) is 0 Å². The predicted molar refractivity (Wildman–Crippen MR) is 123 cm³/mol. The van der Waals surface area contributed by atoms with Crippen molar-refractivity contribution in [3.8, 4) is 17.0 Å². The summed E-state index contributed by atoms with van der Waals surface area (Å²) in [7, 11) is 0. The van der Waals surface area contributed by atoms with E-state index in [1.165, 1.54) is 18.2 Å². The molecule has 0 amide bonds. The van der Waals surface area contributed by atoms with Gasteiger partial charge in [-0.25, -0.2) is 4.98 Å². The highest BCUT2D eigenvalue weighted by molar-refractivity contribution is 5.77. The molecule has 1 unspecified atom stereocenters. The number of fused-ring (bicyclic) bond motifs is 1. The fraction of sp³-hybridized carbons (Fsp3) is 0.269.